The van der Waals surface area contributed by atoms with Crippen molar-refractivity contribution in [2.45, 2.75) is 33.2 Å². The highest BCUT2D eigenvalue weighted by molar-refractivity contribution is 6.31. The zero-order chi connectivity index (χ0) is 12.4. The zero-order valence-electron chi connectivity index (χ0n) is 10.2. The maximum absolute atomic E-state index is 11.8. The standard InChI is InChI=1S/C13H17ClN2O/c1-9(2)4-3-7-16-12-8-10(14)5-6-11(12)15-13(16)17/h5-6,8-9H,3-4,7H2,1-2H3,(H,15,17). The summed E-state index contributed by atoms with van der Waals surface area (Å²) in [6.07, 6.45) is 2.14. The van der Waals surface area contributed by atoms with Gasteiger partial charge in [0.2, 0.25) is 0 Å². The van der Waals surface area contributed by atoms with E-state index in [1.165, 1.54) is 0 Å². The molecule has 1 aromatic heterocycles. The molecule has 0 unspecified atom stereocenters. The molecule has 0 atom stereocenters. The van der Waals surface area contributed by atoms with E-state index in [1.807, 2.05) is 12.1 Å². The van der Waals surface area contributed by atoms with Crippen LogP contribution >= 0.6 is 11.6 Å². The molecule has 0 saturated carbocycles. The second-order valence-corrected chi connectivity index (χ2v) is 5.22. The second kappa shape index (κ2) is 4.96. The summed E-state index contributed by atoms with van der Waals surface area (Å²) in [7, 11) is 0. The summed E-state index contributed by atoms with van der Waals surface area (Å²) in [5.74, 6) is 0.666. The molecule has 0 spiro atoms. The highest BCUT2D eigenvalue weighted by atomic mass is 35.5. The molecular formula is C13H17ClN2O. The van der Waals surface area contributed by atoms with Crippen molar-refractivity contribution in [1.82, 2.24) is 9.55 Å². The predicted molar refractivity (Wildman–Crippen MR) is 71.6 cm³/mol. The third kappa shape index (κ3) is 2.72. The highest BCUT2D eigenvalue weighted by Crippen LogP contribution is 2.17. The van der Waals surface area contributed by atoms with Gasteiger partial charge in [-0.05, 0) is 37.0 Å². The van der Waals surface area contributed by atoms with E-state index in [2.05, 4.69) is 18.8 Å². The Morgan fingerprint density at radius 1 is 1.41 bits per heavy atom. The topological polar surface area (TPSA) is 37.8 Å². The quantitative estimate of drug-likeness (QED) is 0.890. The summed E-state index contributed by atoms with van der Waals surface area (Å²) in [4.78, 5) is 14.6. The molecule has 0 fully saturated rings. The summed E-state index contributed by atoms with van der Waals surface area (Å²) >= 11 is 5.96. The molecule has 3 nitrogen and oxygen atoms in total. The van der Waals surface area contributed by atoms with Gasteiger partial charge in [0.05, 0.1) is 11.0 Å². The first-order valence-corrected chi connectivity index (χ1v) is 6.34. The van der Waals surface area contributed by atoms with E-state index in [-0.39, 0.29) is 5.69 Å². The lowest BCUT2D eigenvalue weighted by Gasteiger charge is -2.05. The van der Waals surface area contributed by atoms with Crippen LogP contribution < -0.4 is 5.69 Å². The third-order valence-electron chi connectivity index (χ3n) is 2.90. The van der Waals surface area contributed by atoms with Crippen molar-refractivity contribution in [3.63, 3.8) is 0 Å². The summed E-state index contributed by atoms with van der Waals surface area (Å²) in [5.41, 5.74) is 1.70. The van der Waals surface area contributed by atoms with Gasteiger partial charge in [0.15, 0.2) is 0 Å². The van der Waals surface area contributed by atoms with Gasteiger partial charge in [-0.15, -0.1) is 0 Å². The normalized spacial score (nSPS) is 11.5. The molecular weight excluding hydrogens is 236 g/mol. The van der Waals surface area contributed by atoms with Gasteiger partial charge in [-0.2, -0.15) is 0 Å². The van der Waals surface area contributed by atoms with Gasteiger partial charge in [-0.25, -0.2) is 4.79 Å². The number of aromatic amines is 1. The Balaban J connectivity index is 2.29. The Bertz CT molecular complexity index is 568. The van der Waals surface area contributed by atoms with Crippen LogP contribution in [-0.2, 0) is 6.54 Å². The average molecular weight is 253 g/mol. The number of nitrogens with zero attached hydrogens (tertiary/aromatic N) is 1. The number of rotatable bonds is 4. The maximum Gasteiger partial charge on any atom is 0.326 e. The minimum Gasteiger partial charge on any atom is -0.306 e. The fraction of sp³-hybridized carbons (Fsp3) is 0.462. The monoisotopic (exact) mass is 252 g/mol. The van der Waals surface area contributed by atoms with Crippen molar-refractivity contribution >= 4 is 22.6 Å². The summed E-state index contributed by atoms with van der Waals surface area (Å²) < 4.78 is 1.77. The van der Waals surface area contributed by atoms with E-state index in [9.17, 15) is 4.79 Å². The molecule has 92 valence electrons. The van der Waals surface area contributed by atoms with Gasteiger partial charge in [-0.1, -0.05) is 25.4 Å². The minimum absolute atomic E-state index is 0.0500. The number of H-pyrrole nitrogens is 1. The van der Waals surface area contributed by atoms with E-state index >= 15 is 0 Å². The van der Waals surface area contributed by atoms with E-state index in [0.29, 0.717) is 10.9 Å². The molecule has 0 aliphatic carbocycles. The van der Waals surface area contributed by atoms with Crippen LogP contribution in [0.4, 0.5) is 0 Å². The van der Waals surface area contributed by atoms with E-state index in [4.69, 9.17) is 11.6 Å². The van der Waals surface area contributed by atoms with E-state index in [0.717, 1.165) is 30.4 Å². The molecule has 2 rings (SSSR count). The van der Waals surface area contributed by atoms with Gasteiger partial charge in [0.25, 0.3) is 0 Å². The van der Waals surface area contributed by atoms with Crippen LogP contribution in [0, 0.1) is 5.92 Å². The largest absolute Gasteiger partial charge is 0.326 e. The molecule has 1 aromatic carbocycles. The van der Waals surface area contributed by atoms with Gasteiger partial charge in [0.1, 0.15) is 0 Å². The molecule has 17 heavy (non-hydrogen) atoms. The van der Waals surface area contributed by atoms with Crippen LogP contribution in [0.5, 0.6) is 0 Å². The zero-order valence-corrected chi connectivity index (χ0v) is 10.9. The number of hydrogen-bond donors (Lipinski definition) is 1. The lowest BCUT2D eigenvalue weighted by atomic mass is 10.1. The average Bonchev–Trinajstić information content (AvgIpc) is 2.55. The lowest BCUT2D eigenvalue weighted by molar-refractivity contribution is 0.512. The number of aromatic nitrogens is 2. The van der Waals surface area contributed by atoms with Gasteiger partial charge in [0, 0.05) is 11.6 Å². The predicted octanol–water partition coefficient (Wildman–Crippen LogP) is 3.42. The minimum atomic E-state index is -0.0500. The lowest BCUT2D eigenvalue weighted by Crippen LogP contribution is -2.16. The maximum atomic E-state index is 11.8. The summed E-state index contributed by atoms with van der Waals surface area (Å²) in [6.45, 7) is 5.13. The Morgan fingerprint density at radius 2 is 2.18 bits per heavy atom. The first-order chi connectivity index (χ1) is 8.08. The first-order valence-electron chi connectivity index (χ1n) is 5.96. The Hall–Kier alpha value is -1.22. The van der Waals surface area contributed by atoms with Crippen molar-refractivity contribution in [1.29, 1.82) is 0 Å². The fourth-order valence-electron chi connectivity index (χ4n) is 2.01. The van der Waals surface area contributed by atoms with Crippen molar-refractivity contribution in [3.8, 4) is 0 Å². The molecule has 0 aliphatic rings. The van der Waals surface area contributed by atoms with Crippen LogP contribution in [0.3, 0.4) is 0 Å². The number of hydrogen-bond acceptors (Lipinski definition) is 1. The molecule has 0 amide bonds. The SMILES string of the molecule is CC(C)CCCn1c(=O)[nH]c2ccc(Cl)cc21. The number of nitrogens with one attached hydrogen (secondary N) is 1. The fourth-order valence-corrected chi connectivity index (χ4v) is 2.17. The van der Waals surface area contributed by atoms with Crippen LogP contribution in [0.25, 0.3) is 11.0 Å². The number of benzene rings is 1. The smallest absolute Gasteiger partial charge is 0.306 e. The number of fused-ring (bicyclic) bond motifs is 1. The van der Waals surface area contributed by atoms with Crippen molar-refractivity contribution < 1.29 is 0 Å². The van der Waals surface area contributed by atoms with Crippen molar-refractivity contribution in [3.05, 3.63) is 33.7 Å². The molecule has 1 heterocycles. The molecule has 1 N–H and O–H groups in total. The van der Waals surface area contributed by atoms with Crippen LogP contribution in [0.15, 0.2) is 23.0 Å². The van der Waals surface area contributed by atoms with Gasteiger partial charge < -0.3 is 4.98 Å². The Kier molecular flexibility index (Phi) is 3.57. The van der Waals surface area contributed by atoms with Gasteiger partial charge >= 0.3 is 5.69 Å². The summed E-state index contributed by atoms with van der Waals surface area (Å²) in [6, 6.07) is 5.47. The van der Waals surface area contributed by atoms with Crippen LogP contribution in [-0.4, -0.2) is 9.55 Å². The molecule has 2 aromatic rings. The van der Waals surface area contributed by atoms with Crippen LogP contribution in [0.2, 0.25) is 5.02 Å². The van der Waals surface area contributed by atoms with Gasteiger partial charge in [-0.3, -0.25) is 4.57 Å². The molecule has 0 bridgehead atoms. The third-order valence-corrected chi connectivity index (χ3v) is 3.14. The molecule has 0 radical (unpaired) electrons. The molecule has 0 saturated heterocycles. The Morgan fingerprint density at radius 3 is 2.88 bits per heavy atom. The highest BCUT2D eigenvalue weighted by Gasteiger charge is 2.07. The van der Waals surface area contributed by atoms with E-state index in [1.54, 1.807) is 10.6 Å². The van der Waals surface area contributed by atoms with Crippen molar-refractivity contribution in [2.24, 2.45) is 5.92 Å². The summed E-state index contributed by atoms with van der Waals surface area (Å²) in [5, 5.41) is 0.661. The number of aryl methyl sites for hydroxylation is 1. The first kappa shape index (κ1) is 12.2. The number of halogens is 1. The van der Waals surface area contributed by atoms with E-state index < -0.39 is 0 Å². The molecule has 4 heteroatoms. The number of imidazole rings is 1. The van der Waals surface area contributed by atoms with Crippen LogP contribution in [0.1, 0.15) is 26.7 Å². The van der Waals surface area contributed by atoms with Crippen molar-refractivity contribution in [2.75, 3.05) is 0 Å². The second-order valence-electron chi connectivity index (χ2n) is 4.78. The Labute approximate surface area is 105 Å². The molecule has 0 aliphatic heterocycles.